The highest BCUT2D eigenvalue weighted by Gasteiger charge is 2.17. The number of amides is 2. The van der Waals surface area contributed by atoms with Crippen molar-refractivity contribution in [2.75, 3.05) is 26.2 Å². The number of halogens is 1. The summed E-state index contributed by atoms with van der Waals surface area (Å²) in [5.74, 6) is -0.370. The number of carbonyl (C=O) groups is 2. The van der Waals surface area contributed by atoms with Gasteiger partial charge < -0.3 is 16.0 Å². The zero-order valence-electron chi connectivity index (χ0n) is 15.4. The molecule has 1 aromatic carbocycles. The fourth-order valence-corrected chi connectivity index (χ4v) is 2.97. The van der Waals surface area contributed by atoms with E-state index >= 15 is 0 Å². The van der Waals surface area contributed by atoms with Crippen LogP contribution < -0.4 is 16.0 Å². The summed E-state index contributed by atoms with van der Waals surface area (Å²) in [7, 11) is 0. The predicted molar refractivity (Wildman–Crippen MR) is 106 cm³/mol. The summed E-state index contributed by atoms with van der Waals surface area (Å²) >= 11 is 0. The number of nitrogens with zero attached hydrogens (tertiary/aromatic N) is 2. The van der Waals surface area contributed by atoms with Crippen LogP contribution in [-0.4, -0.2) is 47.8 Å². The van der Waals surface area contributed by atoms with Crippen LogP contribution in [0.1, 0.15) is 45.3 Å². The van der Waals surface area contributed by atoms with E-state index in [1.807, 2.05) is 29.9 Å². The van der Waals surface area contributed by atoms with Crippen LogP contribution in [0.2, 0.25) is 0 Å². The maximum Gasteiger partial charge on any atom is 0.271 e. The Kier molecular flexibility index (Phi) is 7.82. The molecular formula is C19H26ClN5O2. The Balaban J connectivity index is 0.00000261. The van der Waals surface area contributed by atoms with Crippen molar-refractivity contribution in [3.05, 3.63) is 53.3 Å². The van der Waals surface area contributed by atoms with E-state index in [-0.39, 0.29) is 24.2 Å². The van der Waals surface area contributed by atoms with Crippen molar-refractivity contribution in [1.82, 2.24) is 25.7 Å². The first kappa shape index (κ1) is 20.9. The molecule has 1 aromatic heterocycles. The van der Waals surface area contributed by atoms with Crippen molar-refractivity contribution in [2.24, 2.45) is 0 Å². The fraction of sp³-hybridized carbons (Fsp3) is 0.421. The Hall–Kier alpha value is -2.38. The van der Waals surface area contributed by atoms with Gasteiger partial charge in [-0.1, -0.05) is 17.7 Å². The quantitative estimate of drug-likeness (QED) is 0.654. The van der Waals surface area contributed by atoms with E-state index in [0.717, 1.165) is 31.5 Å². The lowest BCUT2D eigenvalue weighted by Gasteiger charge is -2.22. The first-order chi connectivity index (χ1) is 12.6. The second kappa shape index (κ2) is 10.1. The molecule has 7 nitrogen and oxygen atoms in total. The van der Waals surface area contributed by atoms with E-state index in [4.69, 9.17) is 0 Å². The minimum Gasteiger partial charge on any atom is -0.350 e. The van der Waals surface area contributed by atoms with Gasteiger partial charge in [0, 0.05) is 31.4 Å². The van der Waals surface area contributed by atoms with Crippen molar-refractivity contribution in [3.63, 3.8) is 0 Å². The van der Waals surface area contributed by atoms with Crippen LogP contribution in [0.25, 0.3) is 0 Å². The number of rotatable bonds is 6. The summed E-state index contributed by atoms with van der Waals surface area (Å²) in [6.45, 7) is 4.62. The zero-order chi connectivity index (χ0) is 18.4. The smallest absolute Gasteiger partial charge is 0.271 e. The highest BCUT2D eigenvalue weighted by molar-refractivity contribution is 5.94. The van der Waals surface area contributed by atoms with Gasteiger partial charge in [-0.3, -0.25) is 14.3 Å². The Labute approximate surface area is 165 Å². The van der Waals surface area contributed by atoms with E-state index in [9.17, 15) is 9.59 Å². The lowest BCUT2D eigenvalue weighted by Crippen LogP contribution is -2.35. The third kappa shape index (κ3) is 5.80. The molecule has 1 atom stereocenters. The number of aromatic nitrogens is 2. The molecule has 2 heterocycles. The number of piperidine rings is 1. The molecule has 0 spiro atoms. The normalized spacial score (nSPS) is 16.3. The highest BCUT2D eigenvalue weighted by atomic mass is 35.5. The number of hydrogen-bond donors (Lipinski definition) is 3. The molecule has 1 saturated heterocycles. The molecule has 3 N–H and O–H groups in total. The van der Waals surface area contributed by atoms with Crippen LogP contribution in [0.15, 0.2) is 36.5 Å². The molecular weight excluding hydrogens is 366 g/mol. The van der Waals surface area contributed by atoms with Gasteiger partial charge in [0.1, 0.15) is 5.69 Å². The minimum atomic E-state index is -0.225. The van der Waals surface area contributed by atoms with Gasteiger partial charge in [0.25, 0.3) is 11.8 Å². The molecule has 3 rings (SSSR count). The van der Waals surface area contributed by atoms with Crippen LogP contribution in [0.5, 0.6) is 0 Å². The standard InChI is InChI=1S/C19H25N5O2.ClH/c1-14-4-6-15(7-5-14)18(25)21-10-11-22-19(26)17-8-12-24(23-17)16-3-2-9-20-13-16;/h4-8,12,16,20H,2-3,9-11,13H2,1H3,(H,21,25)(H,22,26);1H. The summed E-state index contributed by atoms with van der Waals surface area (Å²) in [6, 6.07) is 9.41. The second-order valence-corrected chi connectivity index (χ2v) is 6.56. The molecule has 0 aliphatic carbocycles. The predicted octanol–water partition coefficient (Wildman–Crippen LogP) is 1.70. The van der Waals surface area contributed by atoms with Gasteiger partial charge in [0.15, 0.2) is 0 Å². The molecule has 146 valence electrons. The van der Waals surface area contributed by atoms with Crippen LogP contribution in [0.4, 0.5) is 0 Å². The molecule has 0 radical (unpaired) electrons. The van der Waals surface area contributed by atoms with Crippen molar-refractivity contribution < 1.29 is 9.59 Å². The molecule has 8 heteroatoms. The number of hydrogen-bond acceptors (Lipinski definition) is 4. The van der Waals surface area contributed by atoms with E-state index < -0.39 is 0 Å². The topological polar surface area (TPSA) is 88.0 Å². The van der Waals surface area contributed by atoms with Crippen LogP contribution in [0, 0.1) is 6.92 Å². The molecule has 1 unspecified atom stereocenters. The van der Waals surface area contributed by atoms with Crippen LogP contribution >= 0.6 is 12.4 Å². The van der Waals surface area contributed by atoms with Gasteiger partial charge in [0.2, 0.25) is 0 Å². The number of aryl methyl sites for hydroxylation is 1. The highest BCUT2D eigenvalue weighted by Crippen LogP contribution is 2.15. The fourth-order valence-electron chi connectivity index (χ4n) is 2.97. The lowest BCUT2D eigenvalue weighted by molar-refractivity contribution is 0.0924. The van der Waals surface area contributed by atoms with Gasteiger partial charge in [0.05, 0.1) is 6.04 Å². The number of nitrogens with one attached hydrogen (secondary N) is 3. The van der Waals surface area contributed by atoms with Crippen molar-refractivity contribution in [1.29, 1.82) is 0 Å². The third-order valence-corrected chi connectivity index (χ3v) is 4.50. The van der Waals surface area contributed by atoms with E-state index in [1.165, 1.54) is 0 Å². The molecule has 2 aromatic rings. The molecule has 1 aliphatic rings. The Morgan fingerprint density at radius 3 is 2.52 bits per heavy atom. The molecule has 0 bridgehead atoms. The molecule has 1 aliphatic heterocycles. The first-order valence-electron chi connectivity index (χ1n) is 9.02. The van der Waals surface area contributed by atoms with Gasteiger partial charge in [-0.05, 0) is 44.5 Å². The van der Waals surface area contributed by atoms with Crippen LogP contribution in [0.3, 0.4) is 0 Å². The molecule has 2 amide bonds. The first-order valence-corrected chi connectivity index (χ1v) is 9.02. The number of benzene rings is 1. The van der Waals surface area contributed by atoms with E-state index in [2.05, 4.69) is 21.0 Å². The summed E-state index contributed by atoms with van der Waals surface area (Å²) in [5, 5.41) is 13.3. The van der Waals surface area contributed by atoms with E-state index in [1.54, 1.807) is 18.2 Å². The van der Waals surface area contributed by atoms with Gasteiger partial charge in [-0.2, -0.15) is 5.10 Å². The van der Waals surface area contributed by atoms with E-state index in [0.29, 0.717) is 30.4 Å². The van der Waals surface area contributed by atoms with Gasteiger partial charge >= 0.3 is 0 Å². The Morgan fingerprint density at radius 1 is 1.15 bits per heavy atom. The maximum atomic E-state index is 12.2. The second-order valence-electron chi connectivity index (χ2n) is 6.56. The Morgan fingerprint density at radius 2 is 1.85 bits per heavy atom. The summed E-state index contributed by atoms with van der Waals surface area (Å²) in [6.07, 6.45) is 4.04. The summed E-state index contributed by atoms with van der Waals surface area (Å²) < 4.78 is 1.86. The minimum absolute atomic E-state index is 0. The van der Waals surface area contributed by atoms with Gasteiger partial charge in [-0.25, -0.2) is 0 Å². The largest absolute Gasteiger partial charge is 0.350 e. The van der Waals surface area contributed by atoms with Crippen molar-refractivity contribution >= 4 is 24.2 Å². The monoisotopic (exact) mass is 391 g/mol. The Bertz CT molecular complexity index is 754. The third-order valence-electron chi connectivity index (χ3n) is 4.50. The molecule has 27 heavy (non-hydrogen) atoms. The summed E-state index contributed by atoms with van der Waals surface area (Å²) in [4.78, 5) is 24.2. The zero-order valence-corrected chi connectivity index (χ0v) is 16.2. The average Bonchev–Trinajstić information content (AvgIpc) is 3.16. The molecule has 0 saturated carbocycles. The van der Waals surface area contributed by atoms with Crippen LogP contribution in [-0.2, 0) is 0 Å². The summed E-state index contributed by atoms with van der Waals surface area (Å²) in [5.41, 5.74) is 2.12. The van der Waals surface area contributed by atoms with Crippen molar-refractivity contribution in [3.8, 4) is 0 Å². The maximum absolute atomic E-state index is 12.2. The van der Waals surface area contributed by atoms with Crippen molar-refractivity contribution in [2.45, 2.75) is 25.8 Å². The molecule has 1 fully saturated rings. The lowest BCUT2D eigenvalue weighted by atomic mass is 10.1. The van der Waals surface area contributed by atoms with Gasteiger partial charge in [-0.15, -0.1) is 12.4 Å². The average molecular weight is 392 g/mol. The SMILES string of the molecule is Cc1ccc(C(=O)NCCNC(=O)c2ccn(C3CCCNC3)n2)cc1.Cl. The number of carbonyl (C=O) groups excluding carboxylic acids is 2.